The minimum atomic E-state index is 0.200. The van der Waals surface area contributed by atoms with Crippen LogP contribution in [-0.4, -0.2) is 11.3 Å². The lowest BCUT2D eigenvalue weighted by molar-refractivity contribution is 1.14. The second kappa shape index (κ2) is 6.60. The van der Waals surface area contributed by atoms with Crippen molar-refractivity contribution in [2.75, 3.05) is 0 Å². The van der Waals surface area contributed by atoms with Crippen molar-refractivity contribution in [3.8, 4) is 0 Å². The molecule has 0 bridgehead atoms. The van der Waals surface area contributed by atoms with Crippen LogP contribution in [0, 0.1) is 6.92 Å². The van der Waals surface area contributed by atoms with E-state index in [2.05, 4.69) is 96.5 Å². The van der Waals surface area contributed by atoms with Gasteiger partial charge in [0.2, 0.25) is 6.71 Å². The first-order valence-electron chi connectivity index (χ1n) is 9.63. The summed E-state index contributed by atoms with van der Waals surface area (Å²) in [5.41, 5.74) is 12.2. The molecule has 0 fully saturated rings. The van der Waals surface area contributed by atoms with Crippen molar-refractivity contribution >= 4 is 40.3 Å². The Morgan fingerprint density at radius 1 is 1.07 bits per heavy atom. The minimum absolute atomic E-state index is 0.200. The number of hydrogen-bond donors (Lipinski definition) is 0. The largest absolute Gasteiger partial charge is 0.311 e. The van der Waals surface area contributed by atoms with Gasteiger partial charge in [0.25, 0.3) is 0 Å². The topological polar surface area (TPSA) is 4.93 Å². The molecular weight excluding hydrogens is 337 g/mol. The monoisotopic (exact) mass is 357 g/mol. The SMILES string of the molecule is C=C/C=C\C1=CB(c2ccccc2C)C2=CC=C=Cc3c2n1c1ccccc31. The molecule has 2 heteroatoms. The first-order chi connectivity index (χ1) is 13.8. The van der Waals surface area contributed by atoms with E-state index in [4.69, 9.17) is 0 Å². The normalized spacial score (nSPS) is 14.8. The number of nitrogens with zero attached hydrogens (tertiary/aromatic N) is 1. The third-order valence-corrected chi connectivity index (χ3v) is 5.63. The van der Waals surface area contributed by atoms with Crippen molar-refractivity contribution < 1.29 is 0 Å². The molecule has 5 rings (SSSR count). The van der Waals surface area contributed by atoms with Crippen molar-refractivity contribution in [2.45, 2.75) is 6.92 Å². The van der Waals surface area contributed by atoms with Crippen LogP contribution in [-0.2, 0) is 0 Å². The lowest BCUT2D eigenvalue weighted by Gasteiger charge is -2.26. The van der Waals surface area contributed by atoms with E-state index in [1.165, 1.54) is 44.4 Å². The highest BCUT2D eigenvalue weighted by molar-refractivity contribution is 6.95. The highest BCUT2D eigenvalue weighted by Crippen LogP contribution is 2.40. The first kappa shape index (κ1) is 16.7. The van der Waals surface area contributed by atoms with Gasteiger partial charge in [0, 0.05) is 22.3 Å². The second-order valence-corrected chi connectivity index (χ2v) is 7.24. The molecule has 132 valence electrons. The molecular formula is C26H20BN. The molecule has 2 heterocycles. The van der Waals surface area contributed by atoms with Crippen molar-refractivity contribution in [1.29, 1.82) is 0 Å². The Morgan fingerprint density at radius 2 is 1.89 bits per heavy atom. The molecule has 1 aliphatic heterocycles. The standard InChI is InChI=1S/C26H20BN/c1-3-4-12-20-18-27(23-15-8-5-11-19(23)2)24-16-9-6-14-22-21-13-7-10-17-25(21)28(20)26(22)24/h3-5,7-18H,1H2,2H3/b12-4-. The Kier molecular flexibility index (Phi) is 3.93. The van der Waals surface area contributed by atoms with Gasteiger partial charge in [-0.15, -0.1) is 5.73 Å². The van der Waals surface area contributed by atoms with Gasteiger partial charge in [-0.25, -0.2) is 0 Å². The summed E-state index contributed by atoms with van der Waals surface area (Å²) in [6.45, 7) is 6.25. The van der Waals surface area contributed by atoms with E-state index in [0.717, 1.165) is 0 Å². The van der Waals surface area contributed by atoms with Crippen molar-refractivity contribution in [1.82, 2.24) is 4.57 Å². The average molecular weight is 357 g/mol. The molecule has 0 unspecified atom stereocenters. The van der Waals surface area contributed by atoms with E-state index < -0.39 is 0 Å². The molecule has 1 nitrogen and oxygen atoms in total. The average Bonchev–Trinajstić information content (AvgIpc) is 2.89. The van der Waals surface area contributed by atoms with E-state index in [9.17, 15) is 0 Å². The summed E-state index contributed by atoms with van der Waals surface area (Å²) in [6, 6.07) is 17.3. The Morgan fingerprint density at radius 3 is 2.75 bits per heavy atom. The van der Waals surface area contributed by atoms with Gasteiger partial charge in [0.1, 0.15) is 0 Å². The fourth-order valence-electron chi connectivity index (χ4n) is 4.39. The predicted octanol–water partition coefficient (Wildman–Crippen LogP) is 5.59. The van der Waals surface area contributed by atoms with Gasteiger partial charge in [-0.05, 0) is 36.7 Å². The van der Waals surface area contributed by atoms with Gasteiger partial charge in [-0.2, -0.15) is 0 Å². The van der Waals surface area contributed by atoms with Crippen molar-refractivity contribution in [2.24, 2.45) is 0 Å². The Bertz CT molecular complexity index is 1270. The number of benzene rings is 2. The predicted molar refractivity (Wildman–Crippen MR) is 123 cm³/mol. The molecule has 0 radical (unpaired) electrons. The van der Waals surface area contributed by atoms with Crippen LogP contribution in [0.2, 0.25) is 0 Å². The molecule has 0 saturated carbocycles. The van der Waals surface area contributed by atoms with Crippen LogP contribution in [0.25, 0.3) is 28.1 Å². The van der Waals surface area contributed by atoms with Crippen molar-refractivity contribution in [3.63, 3.8) is 0 Å². The molecule has 0 spiro atoms. The molecule has 2 aromatic carbocycles. The first-order valence-corrected chi connectivity index (χ1v) is 9.63. The minimum Gasteiger partial charge on any atom is -0.311 e. The van der Waals surface area contributed by atoms with E-state index in [-0.39, 0.29) is 6.71 Å². The van der Waals surface area contributed by atoms with E-state index in [0.29, 0.717) is 0 Å². The van der Waals surface area contributed by atoms with Gasteiger partial charge in [-0.1, -0.05) is 84.3 Å². The maximum absolute atomic E-state index is 3.86. The number of allylic oxidation sites excluding steroid dienone is 6. The van der Waals surface area contributed by atoms with Crippen LogP contribution < -0.4 is 5.46 Å². The second-order valence-electron chi connectivity index (χ2n) is 7.24. The molecule has 0 saturated heterocycles. The Labute approximate surface area is 166 Å². The molecule has 0 atom stereocenters. The maximum Gasteiger partial charge on any atom is 0.239 e. The van der Waals surface area contributed by atoms with E-state index >= 15 is 0 Å². The van der Waals surface area contributed by atoms with E-state index in [1.54, 1.807) is 0 Å². The van der Waals surface area contributed by atoms with Crippen LogP contribution in [0.5, 0.6) is 0 Å². The summed E-state index contributed by atoms with van der Waals surface area (Å²) in [7, 11) is 0. The molecule has 1 aliphatic carbocycles. The lowest BCUT2D eigenvalue weighted by atomic mass is 9.37. The molecule has 0 amide bonds. The molecule has 0 N–H and O–H groups in total. The number of aromatic nitrogens is 1. The molecule has 28 heavy (non-hydrogen) atoms. The summed E-state index contributed by atoms with van der Waals surface area (Å²) in [5.74, 6) is 2.37. The number of para-hydroxylation sites is 1. The quantitative estimate of drug-likeness (QED) is 0.327. The zero-order chi connectivity index (χ0) is 19.1. The molecule has 2 aliphatic rings. The van der Waals surface area contributed by atoms with Crippen LogP contribution in [0.15, 0.2) is 97.2 Å². The smallest absolute Gasteiger partial charge is 0.239 e. The third-order valence-electron chi connectivity index (χ3n) is 5.63. The number of fused-ring (bicyclic) bond motifs is 3. The highest BCUT2D eigenvalue weighted by atomic mass is 15.0. The summed E-state index contributed by atoms with van der Waals surface area (Å²) < 4.78 is 2.38. The van der Waals surface area contributed by atoms with Gasteiger partial charge >= 0.3 is 0 Å². The van der Waals surface area contributed by atoms with E-state index in [1.807, 2.05) is 18.2 Å². The van der Waals surface area contributed by atoms with Gasteiger partial charge in [-0.3, -0.25) is 0 Å². The molecule has 1 aromatic heterocycles. The zero-order valence-corrected chi connectivity index (χ0v) is 15.9. The Hall–Kier alpha value is -3.48. The number of aryl methyl sites for hydroxylation is 1. The van der Waals surface area contributed by atoms with Crippen LogP contribution in [0.3, 0.4) is 0 Å². The summed E-state index contributed by atoms with van der Waals surface area (Å²) in [5, 5.41) is 1.26. The summed E-state index contributed by atoms with van der Waals surface area (Å²) in [6.07, 6.45) is 12.4. The zero-order valence-electron chi connectivity index (χ0n) is 15.9. The summed E-state index contributed by atoms with van der Waals surface area (Å²) in [4.78, 5) is 0. The third kappa shape index (κ3) is 2.43. The maximum atomic E-state index is 3.86. The number of hydrogen-bond acceptors (Lipinski definition) is 0. The summed E-state index contributed by atoms with van der Waals surface area (Å²) >= 11 is 0. The van der Waals surface area contributed by atoms with Crippen LogP contribution in [0.1, 0.15) is 16.8 Å². The number of rotatable bonds is 3. The highest BCUT2D eigenvalue weighted by Gasteiger charge is 2.32. The van der Waals surface area contributed by atoms with Gasteiger partial charge in [0.05, 0.1) is 5.52 Å². The molecule has 3 aromatic rings. The Balaban J connectivity index is 1.89. The fourth-order valence-corrected chi connectivity index (χ4v) is 4.39. The lowest BCUT2D eigenvalue weighted by Crippen LogP contribution is -2.36. The van der Waals surface area contributed by atoms with Crippen LogP contribution in [0.4, 0.5) is 0 Å². The van der Waals surface area contributed by atoms with Crippen LogP contribution >= 0.6 is 0 Å². The van der Waals surface area contributed by atoms with Gasteiger partial charge in [0.15, 0.2) is 0 Å². The fraction of sp³-hybridized carbons (Fsp3) is 0.0385. The van der Waals surface area contributed by atoms with Gasteiger partial charge < -0.3 is 4.57 Å². The van der Waals surface area contributed by atoms with Crippen molar-refractivity contribution in [3.05, 3.63) is 114 Å².